The fourth-order valence-electron chi connectivity index (χ4n) is 2.64. The molecule has 2 unspecified atom stereocenters. The highest BCUT2D eigenvalue weighted by Crippen LogP contribution is 2.24. The Bertz CT molecular complexity index is 650. The molecule has 1 aliphatic heterocycles. The van der Waals surface area contributed by atoms with E-state index in [-0.39, 0.29) is 23.8 Å². The molecule has 1 saturated heterocycles. The van der Waals surface area contributed by atoms with Crippen molar-refractivity contribution in [3.05, 3.63) is 30.4 Å². The van der Waals surface area contributed by atoms with E-state index in [1.54, 1.807) is 12.4 Å². The van der Waals surface area contributed by atoms with Gasteiger partial charge in [0.15, 0.2) is 0 Å². The lowest BCUT2D eigenvalue weighted by Gasteiger charge is -2.20. The molecule has 1 amide bonds. The molecule has 0 aromatic carbocycles. The lowest BCUT2D eigenvalue weighted by atomic mass is 10.0. The number of carbonyl (C=O) groups is 1. The second-order valence-corrected chi connectivity index (χ2v) is 6.12. The number of nitrogens with one attached hydrogen (secondary N) is 2. The Balaban J connectivity index is 1.76. The Kier molecular flexibility index (Phi) is 4.66. The van der Waals surface area contributed by atoms with Crippen LogP contribution in [0.2, 0.25) is 0 Å². The van der Waals surface area contributed by atoms with Crippen molar-refractivity contribution < 1.29 is 9.32 Å². The number of carbonyl (C=O) groups excluding carboxylic acids is 1. The summed E-state index contributed by atoms with van der Waals surface area (Å²) in [6, 6.07) is 3.40. The number of hydrogen-bond donors (Lipinski definition) is 2. The first kappa shape index (κ1) is 15.6. The zero-order chi connectivity index (χ0) is 16.2. The first-order valence-corrected chi connectivity index (χ1v) is 7.90. The Morgan fingerprint density at radius 2 is 2.35 bits per heavy atom. The maximum atomic E-state index is 12.4. The first-order valence-electron chi connectivity index (χ1n) is 7.90. The van der Waals surface area contributed by atoms with E-state index in [1.807, 2.05) is 26.0 Å². The van der Waals surface area contributed by atoms with Crippen LogP contribution in [0.3, 0.4) is 0 Å². The largest absolute Gasteiger partial charge is 0.344 e. The normalized spacial score (nSPS) is 19.0. The van der Waals surface area contributed by atoms with Crippen LogP contribution in [0, 0.1) is 11.8 Å². The Morgan fingerprint density at radius 1 is 1.48 bits per heavy atom. The molecule has 0 bridgehead atoms. The molecule has 1 fully saturated rings. The smallest absolute Gasteiger partial charge is 0.249 e. The average molecular weight is 315 g/mol. The van der Waals surface area contributed by atoms with Gasteiger partial charge in [-0.3, -0.25) is 9.78 Å². The monoisotopic (exact) mass is 315 g/mol. The zero-order valence-electron chi connectivity index (χ0n) is 13.3. The highest BCUT2D eigenvalue weighted by Gasteiger charge is 2.29. The molecule has 0 spiro atoms. The molecule has 2 atom stereocenters. The van der Waals surface area contributed by atoms with Gasteiger partial charge in [0.25, 0.3) is 0 Å². The van der Waals surface area contributed by atoms with Crippen molar-refractivity contribution in [1.82, 2.24) is 25.8 Å². The van der Waals surface area contributed by atoms with Crippen LogP contribution in [0.15, 0.2) is 29.0 Å². The number of rotatable bonds is 5. The maximum absolute atomic E-state index is 12.4. The van der Waals surface area contributed by atoms with Crippen molar-refractivity contribution >= 4 is 5.91 Å². The highest BCUT2D eigenvalue weighted by molar-refractivity contribution is 5.79. The van der Waals surface area contributed by atoms with Crippen LogP contribution >= 0.6 is 0 Å². The Morgan fingerprint density at radius 3 is 3.00 bits per heavy atom. The zero-order valence-corrected chi connectivity index (χ0v) is 13.3. The summed E-state index contributed by atoms with van der Waals surface area (Å²) in [6.45, 7) is 5.65. The van der Waals surface area contributed by atoms with Crippen LogP contribution < -0.4 is 10.6 Å². The minimum Gasteiger partial charge on any atom is -0.344 e. The Hall–Kier alpha value is -2.28. The second-order valence-electron chi connectivity index (χ2n) is 6.12. The lowest BCUT2D eigenvalue weighted by Crippen LogP contribution is -2.37. The van der Waals surface area contributed by atoms with Crippen molar-refractivity contribution in [3.63, 3.8) is 0 Å². The standard InChI is InChI=1S/C16H21N5O2/c1-10(2)13(19-15(22)12-5-7-18-9-12)16-20-14(21-23-16)11-4-3-6-17-8-11/h3-4,6,8,10,12-13,18H,5,7,9H2,1-2H3,(H,19,22). The quantitative estimate of drug-likeness (QED) is 0.869. The first-order chi connectivity index (χ1) is 11.1. The molecule has 2 aromatic rings. The minimum absolute atomic E-state index is 0.0111. The van der Waals surface area contributed by atoms with Crippen molar-refractivity contribution in [2.45, 2.75) is 26.3 Å². The molecule has 0 saturated carbocycles. The van der Waals surface area contributed by atoms with Crippen LogP contribution in [-0.4, -0.2) is 34.1 Å². The molecule has 2 aromatic heterocycles. The molecular weight excluding hydrogens is 294 g/mol. The topological polar surface area (TPSA) is 92.9 Å². The molecule has 122 valence electrons. The molecule has 23 heavy (non-hydrogen) atoms. The number of aromatic nitrogens is 3. The second kappa shape index (κ2) is 6.87. The Labute approximate surface area is 134 Å². The van der Waals surface area contributed by atoms with E-state index in [2.05, 4.69) is 25.8 Å². The molecule has 7 nitrogen and oxygen atoms in total. The molecule has 0 radical (unpaired) electrons. The van der Waals surface area contributed by atoms with Gasteiger partial charge in [-0.25, -0.2) is 0 Å². The van der Waals surface area contributed by atoms with Crippen molar-refractivity contribution in [2.24, 2.45) is 11.8 Å². The lowest BCUT2D eigenvalue weighted by molar-refractivity contribution is -0.125. The molecular formula is C16H21N5O2. The van der Waals surface area contributed by atoms with Crippen LogP contribution in [0.5, 0.6) is 0 Å². The summed E-state index contributed by atoms with van der Waals surface area (Å²) in [5, 5.41) is 10.3. The summed E-state index contributed by atoms with van der Waals surface area (Å²) < 4.78 is 5.39. The van der Waals surface area contributed by atoms with Gasteiger partial charge < -0.3 is 15.2 Å². The van der Waals surface area contributed by atoms with E-state index in [4.69, 9.17) is 4.52 Å². The van der Waals surface area contributed by atoms with Gasteiger partial charge >= 0.3 is 0 Å². The average Bonchev–Trinajstić information content (AvgIpc) is 3.24. The molecule has 0 aliphatic carbocycles. The van der Waals surface area contributed by atoms with E-state index >= 15 is 0 Å². The van der Waals surface area contributed by atoms with Gasteiger partial charge in [-0.1, -0.05) is 19.0 Å². The van der Waals surface area contributed by atoms with Gasteiger partial charge in [0.1, 0.15) is 6.04 Å². The van der Waals surface area contributed by atoms with Crippen LogP contribution in [0.1, 0.15) is 32.2 Å². The summed E-state index contributed by atoms with van der Waals surface area (Å²) >= 11 is 0. The third kappa shape index (κ3) is 3.56. The number of nitrogens with zero attached hydrogens (tertiary/aromatic N) is 3. The number of amides is 1. The van der Waals surface area contributed by atoms with Crippen molar-refractivity contribution in [1.29, 1.82) is 0 Å². The van der Waals surface area contributed by atoms with Crippen molar-refractivity contribution in [3.8, 4) is 11.4 Å². The minimum atomic E-state index is -0.291. The van der Waals surface area contributed by atoms with E-state index in [9.17, 15) is 4.79 Å². The summed E-state index contributed by atoms with van der Waals surface area (Å²) in [6.07, 6.45) is 4.24. The maximum Gasteiger partial charge on any atom is 0.249 e. The van der Waals surface area contributed by atoms with Crippen LogP contribution in [0.25, 0.3) is 11.4 Å². The van der Waals surface area contributed by atoms with Crippen LogP contribution in [-0.2, 0) is 4.79 Å². The molecule has 2 N–H and O–H groups in total. The fourth-order valence-corrected chi connectivity index (χ4v) is 2.64. The predicted octanol–water partition coefficient (Wildman–Crippen LogP) is 1.55. The third-order valence-electron chi connectivity index (χ3n) is 4.02. The fraction of sp³-hybridized carbons (Fsp3) is 0.500. The van der Waals surface area contributed by atoms with E-state index in [0.717, 1.165) is 25.1 Å². The van der Waals surface area contributed by atoms with Crippen molar-refractivity contribution in [2.75, 3.05) is 13.1 Å². The van der Waals surface area contributed by atoms with Gasteiger partial charge in [-0.05, 0) is 31.0 Å². The van der Waals surface area contributed by atoms with Crippen LogP contribution in [0.4, 0.5) is 0 Å². The third-order valence-corrected chi connectivity index (χ3v) is 4.02. The van der Waals surface area contributed by atoms with Gasteiger partial charge in [-0.15, -0.1) is 0 Å². The summed E-state index contributed by atoms with van der Waals surface area (Å²) in [7, 11) is 0. The van der Waals surface area contributed by atoms with E-state index in [0.29, 0.717) is 11.7 Å². The molecule has 1 aliphatic rings. The number of pyridine rings is 1. The van der Waals surface area contributed by atoms with Gasteiger partial charge in [0, 0.05) is 24.5 Å². The SMILES string of the molecule is CC(C)C(NC(=O)C1CCNC1)c1nc(-c2cccnc2)no1. The summed E-state index contributed by atoms with van der Waals surface area (Å²) in [5.41, 5.74) is 0.788. The predicted molar refractivity (Wildman–Crippen MR) is 84.2 cm³/mol. The van der Waals surface area contributed by atoms with Gasteiger partial charge in [0.05, 0.1) is 5.92 Å². The van der Waals surface area contributed by atoms with Gasteiger partial charge in [-0.2, -0.15) is 4.98 Å². The highest BCUT2D eigenvalue weighted by atomic mass is 16.5. The summed E-state index contributed by atoms with van der Waals surface area (Å²) in [5.74, 6) is 1.11. The molecule has 7 heteroatoms. The van der Waals surface area contributed by atoms with E-state index < -0.39 is 0 Å². The molecule has 3 rings (SSSR count). The summed E-state index contributed by atoms with van der Waals surface area (Å²) in [4.78, 5) is 20.8. The van der Waals surface area contributed by atoms with Gasteiger partial charge in [0.2, 0.25) is 17.6 Å². The van der Waals surface area contributed by atoms with E-state index in [1.165, 1.54) is 0 Å². The number of hydrogen-bond acceptors (Lipinski definition) is 6. The molecule has 3 heterocycles.